The van der Waals surface area contributed by atoms with Gasteiger partial charge in [-0.2, -0.15) is 0 Å². The van der Waals surface area contributed by atoms with Gasteiger partial charge in [-0.25, -0.2) is 0 Å². The van der Waals surface area contributed by atoms with Gasteiger partial charge in [-0.15, -0.1) is 11.3 Å². The highest BCUT2D eigenvalue weighted by Crippen LogP contribution is 2.31. The first kappa shape index (κ1) is 15.2. The Balaban J connectivity index is 2.16. The zero-order valence-corrected chi connectivity index (χ0v) is 13.7. The Morgan fingerprint density at radius 1 is 1.10 bits per heavy atom. The largest absolute Gasteiger partial charge is 0.258 e. The van der Waals surface area contributed by atoms with E-state index in [9.17, 15) is 0 Å². The molecule has 2 heterocycles. The number of pyridine rings is 1. The average Bonchev–Trinajstić information content (AvgIpc) is 2.91. The van der Waals surface area contributed by atoms with E-state index in [4.69, 9.17) is 0 Å². The third kappa shape index (κ3) is 3.92. The number of aromatic nitrogens is 1. The van der Waals surface area contributed by atoms with Gasteiger partial charge in [0.2, 0.25) is 0 Å². The molecule has 0 saturated heterocycles. The molecular weight excluding hydrogens is 262 g/mol. The summed E-state index contributed by atoms with van der Waals surface area (Å²) in [4.78, 5) is 6.03. The van der Waals surface area contributed by atoms with Crippen LogP contribution in [0.2, 0.25) is 0 Å². The first-order chi connectivity index (χ1) is 9.74. The first-order valence-electron chi connectivity index (χ1n) is 7.79. The second-order valence-corrected chi connectivity index (χ2v) is 6.34. The van der Waals surface area contributed by atoms with E-state index in [1.54, 1.807) is 0 Å². The van der Waals surface area contributed by atoms with Gasteiger partial charge in [-0.1, -0.05) is 33.1 Å². The summed E-state index contributed by atoms with van der Waals surface area (Å²) in [6.45, 7) is 6.53. The molecule has 0 aromatic carbocycles. The van der Waals surface area contributed by atoms with Crippen molar-refractivity contribution < 1.29 is 0 Å². The summed E-state index contributed by atoms with van der Waals surface area (Å²) in [7, 11) is 0. The molecule has 0 saturated carbocycles. The molecule has 0 aliphatic heterocycles. The molecule has 0 amide bonds. The second kappa shape index (κ2) is 7.58. The molecule has 1 nitrogen and oxygen atoms in total. The maximum Gasteiger partial charge on any atom is 0.0410 e. The van der Waals surface area contributed by atoms with E-state index in [1.165, 1.54) is 53.8 Å². The van der Waals surface area contributed by atoms with Crippen molar-refractivity contribution in [2.24, 2.45) is 0 Å². The fraction of sp³-hybridized carbons (Fsp3) is 0.500. The van der Waals surface area contributed by atoms with E-state index in [1.807, 2.05) is 11.3 Å². The van der Waals surface area contributed by atoms with Gasteiger partial charge < -0.3 is 0 Å². The highest BCUT2D eigenvalue weighted by molar-refractivity contribution is 7.13. The standard InChI is InChI=1S/C18H25NS/c1-4-6-7-8-9-15-10-11-20-18(15)16-12-14(3)19-17(5-2)13-16/h10-13H,4-9H2,1-3H3. The Labute approximate surface area is 127 Å². The van der Waals surface area contributed by atoms with Crippen molar-refractivity contribution in [3.05, 3.63) is 40.5 Å². The highest BCUT2D eigenvalue weighted by Gasteiger charge is 2.09. The molecule has 108 valence electrons. The van der Waals surface area contributed by atoms with Gasteiger partial charge in [0.05, 0.1) is 0 Å². The van der Waals surface area contributed by atoms with Crippen molar-refractivity contribution >= 4 is 11.3 Å². The van der Waals surface area contributed by atoms with Gasteiger partial charge in [0.25, 0.3) is 0 Å². The Morgan fingerprint density at radius 2 is 1.95 bits per heavy atom. The fourth-order valence-electron chi connectivity index (χ4n) is 2.58. The summed E-state index contributed by atoms with van der Waals surface area (Å²) >= 11 is 1.87. The summed E-state index contributed by atoms with van der Waals surface area (Å²) in [6.07, 6.45) is 7.53. The Kier molecular flexibility index (Phi) is 5.78. The van der Waals surface area contributed by atoms with Crippen LogP contribution < -0.4 is 0 Å². The maximum absolute atomic E-state index is 4.58. The predicted octanol–water partition coefficient (Wildman–Crippen LogP) is 5.80. The molecule has 0 radical (unpaired) electrons. The molecular formula is C18H25NS. The van der Waals surface area contributed by atoms with Crippen LogP contribution in [0.4, 0.5) is 0 Å². The average molecular weight is 287 g/mol. The third-order valence-electron chi connectivity index (χ3n) is 3.68. The van der Waals surface area contributed by atoms with Crippen molar-refractivity contribution in [1.82, 2.24) is 4.98 Å². The minimum absolute atomic E-state index is 1.01. The molecule has 2 aromatic rings. The SMILES string of the molecule is CCCCCCc1ccsc1-c1cc(C)nc(CC)c1. The number of rotatable bonds is 7. The summed E-state index contributed by atoms with van der Waals surface area (Å²) in [6, 6.07) is 6.78. The molecule has 0 bridgehead atoms. The van der Waals surface area contributed by atoms with E-state index in [0.717, 1.165) is 12.1 Å². The predicted molar refractivity (Wildman–Crippen MR) is 89.5 cm³/mol. The Morgan fingerprint density at radius 3 is 2.70 bits per heavy atom. The third-order valence-corrected chi connectivity index (χ3v) is 4.68. The van der Waals surface area contributed by atoms with Crippen molar-refractivity contribution in [2.45, 2.75) is 59.3 Å². The molecule has 2 heteroatoms. The van der Waals surface area contributed by atoms with E-state index in [2.05, 4.69) is 49.3 Å². The number of hydrogen-bond donors (Lipinski definition) is 0. The Hall–Kier alpha value is -1.15. The molecule has 0 aliphatic carbocycles. The first-order valence-corrected chi connectivity index (χ1v) is 8.66. The van der Waals surface area contributed by atoms with Gasteiger partial charge in [-0.05, 0) is 60.9 Å². The highest BCUT2D eigenvalue weighted by atomic mass is 32.1. The maximum atomic E-state index is 4.58. The summed E-state index contributed by atoms with van der Waals surface area (Å²) in [5.74, 6) is 0. The molecule has 0 N–H and O–H groups in total. The lowest BCUT2D eigenvalue weighted by atomic mass is 10.0. The molecule has 0 fully saturated rings. The molecule has 0 spiro atoms. The van der Waals surface area contributed by atoms with Crippen LogP contribution >= 0.6 is 11.3 Å². The zero-order valence-electron chi connectivity index (χ0n) is 12.9. The molecule has 0 aliphatic rings. The van der Waals surface area contributed by atoms with Gasteiger partial charge in [0.15, 0.2) is 0 Å². The minimum Gasteiger partial charge on any atom is -0.258 e. The van der Waals surface area contributed by atoms with E-state index >= 15 is 0 Å². The monoisotopic (exact) mass is 287 g/mol. The van der Waals surface area contributed by atoms with Gasteiger partial charge in [-0.3, -0.25) is 4.98 Å². The second-order valence-electron chi connectivity index (χ2n) is 5.43. The zero-order chi connectivity index (χ0) is 14.4. The van der Waals surface area contributed by atoms with Crippen LogP contribution in [0.3, 0.4) is 0 Å². The van der Waals surface area contributed by atoms with Crippen molar-refractivity contribution in [3.8, 4) is 10.4 Å². The van der Waals surface area contributed by atoms with Crippen LogP contribution in [-0.2, 0) is 12.8 Å². The topological polar surface area (TPSA) is 12.9 Å². The molecule has 20 heavy (non-hydrogen) atoms. The number of nitrogens with zero attached hydrogens (tertiary/aromatic N) is 1. The van der Waals surface area contributed by atoms with Crippen LogP contribution in [0.1, 0.15) is 56.5 Å². The lowest BCUT2D eigenvalue weighted by Crippen LogP contribution is -1.93. The molecule has 2 aromatic heterocycles. The van der Waals surface area contributed by atoms with Crippen LogP contribution in [0.25, 0.3) is 10.4 Å². The van der Waals surface area contributed by atoms with Crippen LogP contribution in [0, 0.1) is 6.92 Å². The van der Waals surface area contributed by atoms with Crippen molar-refractivity contribution in [1.29, 1.82) is 0 Å². The number of hydrogen-bond acceptors (Lipinski definition) is 2. The number of thiophene rings is 1. The van der Waals surface area contributed by atoms with E-state index in [-0.39, 0.29) is 0 Å². The van der Waals surface area contributed by atoms with Gasteiger partial charge >= 0.3 is 0 Å². The Bertz CT molecular complexity index is 542. The number of aryl methyl sites for hydroxylation is 3. The fourth-order valence-corrected chi connectivity index (χ4v) is 3.52. The lowest BCUT2D eigenvalue weighted by molar-refractivity contribution is 0.668. The summed E-state index contributed by atoms with van der Waals surface area (Å²) in [5, 5.41) is 2.23. The van der Waals surface area contributed by atoms with E-state index in [0.29, 0.717) is 0 Å². The van der Waals surface area contributed by atoms with E-state index < -0.39 is 0 Å². The van der Waals surface area contributed by atoms with Crippen LogP contribution in [0.15, 0.2) is 23.6 Å². The quantitative estimate of drug-likeness (QED) is 0.586. The molecule has 2 rings (SSSR count). The van der Waals surface area contributed by atoms with Crippen molar-refractivity contribution in [3.63, 3.8) is 0 Å². The van der Waals surface area contributed by atoms with Gasteiger partial charge in [0.1, 0.15) is 0 Å². The minimum atomic E-state index is 1.01. The van der Waals surface area contributed by atoms with Crippen LogP contribution in [0.5, 0.6) is 0 Å². The molecule has 0 atom stereocenters. The molecule has 0 unspecified atom stereocenters. The lowest BCUT2D eigenvalue weighted by Gasteiger charge is -2.07. The summed E-state index contributed by atoms with van der Waals surface area (Å²) in [5.41, 5.74) is 5.20. The van der Waals surface area contributed by atoms with Gasteiger partial charge in [0, 0.05) is 16.3 Å². The smallest absolute Gasteiger partial charge is 0.0410 e. The summed E-state index contributed by atoms with van der Waals surface area (Å²) < 4.78 is 0. The van der Waals surface area contributed by atoms with Crippen molar-refractivity contribution in [2.75, 3.05) is 0 Å². The normalized spacial score (nSPS) is 10.9. The number of unbranched alkanes of at least 4 members (excludes halogenated alkanes) is 3. The van der Waals surface area contributed by atoms with Crippen LogP contribution in [-0.4, -0.2) is 4.98 Å².